The van der Waals surface area contributed by atoms with E-state index in [4.69, 9.17) is 0 Å². The molecule has 1 atom stereocenters. The number of rotatable bonds is 7. The Labute approximate surface area is 128 Å². The molecule has 4 heteroatoms. The summed E-state index contributed by atoms with van der Waals surface area (Å²) in [5.41, 5.74) is 0.395. The molecule has 0 aromatic heterocycles. The normalized spacial score (nSPS) is 12.3. The van der Waals surface area contributed by atoms with Crippen LogP contribution in [-0.2, 0) is 0 Å². The fourth-order valence-electron chi connectivity index (χ4n) is 2.06. The first-order chi connectivity index (χ1) is 10.2. The molecule has 0 aliphatic rings. The number of benzene rings is 2. The predicted molar refractivity (Wildman–Crippen MR) is 84.6 cm³/mol. The molecule has 0 spiro atoms. The van der Waals surface area contributed by atoms with Gasteiger partial charge in [0, 0.05) is 22.3 Å². The SMILES string of the molecule is CCCNC(CSc1ccccc1)c1cc(F)ccc1F. The minimum Gasteiger partial charge on any atom is -0.309 e. The van der Waals surface area contributed by atoms with E-state index in [2.05, 4.69) is 12.2 Å². The molecule has 0 fully saturated rings. The molecule has 0 heterocycles. The van der Waals surface area contributed by atoms with Gasteiger partial charge in [0.1, 0.15) is 11.6 Å². The summed E-state index contributed by atoms with van der Waals surface area (Å²) in [6.45, 7) is 2.83. The summed E-state index contributed by atoms with van der Waals surface area (Å²) in [4.78, 5) is 1.12. The molecule has 0 amide bonds. The smallest absolute Gasteiger partial charge is 0.128 e. The highest BCUT2D eigenvalue weighted by Gasteiger charge is 2.16. The molecule has 0 saturated heterocycles. The maximum absolute atomic E-state index is 14.0. The van der Waals surface area contributed by atoms with Gasteiger partial charge in [-0.25, -0.2) is 8.78 Å². The lowest BCUT2D eigenvalue weighted by molar-refractivity contribution is 0.522. The van der Waals surface area contributed by atoms with E-state index >= 15 is 0 Å². The molecule has 2 aromatic carbocycles. The Hall–Kier alpha value is -1.39. The van der Waals surface area contributed by atoms with Crippen molar-refractivity contribution in [3.8, 4) is 0 Å². The summed E-state index contributed by atoms with van der Waals surface area (Å²) < 4.78 is 27.3. The molecule has 0 aliphatic heterocycles. The van der Waals surface area contributed by atoms with Crippen molar-refractivity contribution in [1.82, 2.24) is 5.32 Å². The number of hydrogen-bond acceptors (Lipinski definition) is 2. The maximum Gasteiger partial charge on any atom is 0.128 e. The standard InChI is InChI=1S/C17H19F2NS/c1-2-10-20-17(12-21-14-6-4-3-5-7-14)15-11-13(18)8-9-16(15)19/h3-9,11,17,20H,2,10,12H2,1H3. The van der Waals surface area contributed by atoms with Gasteiger partial charge in [-0.1, -0.05) is 25.1 Å². The molecular weight excluding hydrogens is 288 g/mol. The lowest BCUT2D eigenvalue weighted by atomic mass is 10.1. The highest BCUT2D eigenvalue weighted by Crippen LogP contribution is 2.26. The average molecular weight is 307 g/mol. The zero-order valence-corrected chi connectivity index (χ0v) is 12.8. The van der Waals surface area contributed by atoms with Crippen LogP contribution < -0.4 is 5.32 Å². The van der Waals surface area contributed by atoms with E-state index in [1.165, 1.54) is 12.1 Å². The Kier molecular flexibility index (Phi) is 6.21. The molecule has 1 nitrogen and oxygen atoms in total. The number of nitrogens with one attached hydrogen (secondary N) is 1. The van der Waals surface area contributed by atoms with Gasteiger partial charge in [-0.2, -0.15) is 0 Å². The summed E-state index contributed by atoms with van der Waals surface area (Å²) in [5.74, 6) is -0.109. The molecule has 2 rings (SSSR count). The second-order valence-corrected chi connectivity index (χ2v) is 5.89. The van der Waals surface area contributed by atoms with Crippen LogP contribution in [-0.4, -0.2) is 12.3 Å². The van der Waals surface area contributed by atoms with Gasteiger partial charge >= 0.3 is 0 Å². The number of thioether (sulfide) groups is 1. The summed E-state index contributed by atoms with van der Waals surface area (Å²) in [6, 6.07) is 13.4. The second-order valence-electron chi connectivity index (χ2n) is 4.80. The molecule has 2 aromatic rings. The number of hydrogen-bond donors (Lipinski definition) is 1. The van der Waals surface area contributed by atoms with Crippen LogP contribution in [0.1, 0.15) is 24.9 Å². The van der Waals surface area contributed by atoms with Crippen LogP contribution in [0.5, 0.6) is 0 Å². The van der Waals surface area contributed by atoms with Crippen molar-refractivity contribution in [2.45, 2.75) is 24.3 Å². The summed E-state index contributed by atoms with van der Waals surface area (Å²) >= 11 is 1.64. The van der Waals surface area contributed by atoms with E-state index in [0.29, 0.717) is 11.3 Å². The van der Waals surface area contributed by atoms with E-state index in [1.54, 1.807) is 11.8 Å². The Bertz CT molecular complexity index is 560. The van der Waals surface area contributed by atoms with Gasteiger partial charge in [0.2, 0.25) is 0 Å². The molecular formula is C17H19F2NS. The monoisotopic (exact) mass is 307 g/mol. The van der Waals surface area contributed by atoms with Gasteiger partial charge < -0.3 is 5.32 Å². The largest absolute Gasteiger partial charge is 0.309 e. The highest BCUT2D eigenvalue weighted by atomic mass is 32.2. The van der Waals surface area contributed by atoms with Gasteiger partial charge in [-0.15, -0.1) is 11.8 Å². The molecule has 0 saturated carbocycles. The predicted octanol–water partition coefficient (Wildman–Crippen LogP) is 4.80. The average Bonchev–Trinajstić information content (AvgIpc) is 2.51. The molecule has 0 aliphatic carbocycles. The summed E-state index contributed by atoms with van der Waals surface area (Å²) in [6.07, 6.45) is 0.948. The lowest BCUT2D eigenvalue weighted by Gasteiger charge is -2.19. The molecule has 1 unspecified atom stereocenters. The van der Waals surface area contributed by atoms with E-state index in [1.807, 2.05) is 30.3 Å². The van der Waals surface area contributed by atoms with Crippen molar-refractivity contribution in [1.29, 1.82) is 0 Å². The molecule has 1 N–H and O–H groups in total. The van der Waals surface area contributed by atoms with Crippen molar-refractivity contribution >= 4 is 11.8 Å². The zero-order chi connectivity index (χ0) is 15.1. The third-order valence-corrected chi connectivity index (χ3v) is 4.24. The Morgan fingerprint density at radius 3 is 2.57 bits per heavy atom. The van der Waals surface area contributed by atoms with Gasteiger partial charge in [0.15, 0.2) is 0 Å². The Balaban J connectivity index is 2.12. The van der Waals surface area contributed by atoms with Crippen molar-refractivity contribution in [3.05, 3.63) is 65.7 Å². The van der Waals surface area contributed by atoms with Crippen LogP contribution in [0.4, 0.5) is 8.78 Å². The second kappa shape index (κ2) is 8.15. The first kappa shape index (κ1) is 16.0. The minimum atomic E-state index is -0.403. The topological polar surface area (TPSA) is 12.0 Å². The summed E-state index contributed by atoms with van der Waals surface area (Å²) in [7, 11) is 0. The fraction of sp³-hybridized carbons (Fsp3) is 0.294. The quantitative estimate of drug-likeness (QED) is 0.738. The molecule has 21 heavy (non-hydrogen) atoms. The highest BCUT2D eigenvalue weighted by molar-refractivity contribution is 7.99. The Morgan fingerprint density at radius 2 is 1.86 bits per heavy atom. The van der Waals surface area contributed by atoms with Crippen LogP contribution in [0, 0.1) is 11.6 Å². The third-order valence-electron chi connectivity index (χ3n) is 3.13. The fourth-order valence-corrected chi connectivity index (χ4v) is 3.06. The van der Waals surface area contributed by atoms with Crippen molar-refractivity contribution in [3.63, 3.8) is 0 Å². The van der Waals surface area contributed by atoms with Crippen LogP contribution in [0.15, 0.2) is 53.4 Å². The first-order valence-electron chi connectivity index (χ1n) is 7.07. The van der Waals surface area contributed by atoms with Crippen molar-refractivity contribution in [2.24, 2.45) is 0 Å². The van der Waals surface area contributed by atoms with Crippen LogP contribution in [0.3, 0.4) is 0 Å². The molecule has 112 valence electrons. The maximum atomic E-state index is 14.0. The molecule has 0 radical (unpaired) electrons. The van der Waals surface area contributed by atoms with Crippen LogP contribution >= 0.6 is 11.8 Å². The Morgan fingerprint density at radius 1 is 1.10 bits per heavy atom. The summed E-state index contributed by atoms with van der Waals surface area (Å²) in [5, 5.41) is 3.30. The van der Waals surface area contributed by atoms with Crippen molar-refractivity contribution in [2.75, 3.05) is 12.3 Å². The van der Waals surface area contributed by atoms with Gasteiger partial charge in [0.05, 0.1) is 0 Å². The van der Waals surface area contributed by atoms with E-state index < -0.39 is 5.82 Å². The lowest BCUT2D eigenvalue weighted by Crippen LogP contribution is -2.25. The third kappa shape index (κ3) is 4.83. The minimum absolute atomic E-state index is 0.203. The zero-order valence-electron chi connectivity index (χ0n) is 12.0. The van der Waals surface area contributed by atoms with Gasteiger partial charge in [0.25, 0.3) is 0 Å². The van der Waals surface area contributed by atoms with Crippen molar-refractivity contribution < 1.29 is 8.78 Å². The van der Waals surface area contributed by atoms with Gasteiger partial charge in [-0.3, -0.25) is 0 Å². The van der Waals surface area contributed by atoms with E-state index in [0.717, 1.165) is 23.9 Å². The number of halogens is 2. The van der Waals surface area contributed by atoms with Crippen LogP contribution in [0.25, 0.3) is 0 Å². The van der Waals surface area contributed by atoms with E-state index in [-0.39, 0.29) is 11.9 Å². The van der Waals surface area contributed by atoms with Gasteiger partial charge in [-0.05, 0) is 43.3 Å². The molecule has 0 bridgehead atoms. The first-order valence-corrected chi connectivity index (χ1v) is 8.05. The van der Waals surface area contributed by atoms with E-state index in [9.17, 15) is 8.78 Å². The van der Waals surface area contributed by atoms with Crippen LogP contribution in [0.2, 0.25) is 0 Å².